The van der Waals surface area contributed by atoms with Crippen molar-refractivity contribution in [3.63, 3.8) is 0 Å². The van der Waals surface area contributed by atoms with Crippen LogP contribution in [0.25, 0.3) is 0 Å². The van der Waals surface area contributed by atoms with E-state index in [1.54, 1.807) is 6.07 Å². The molecule has 0 unspecified atom stereocenters. The Morgan fingerprint density at radius 3 is 2.59 bits per heavy atom. The molecule has 0 spiro atoms. The fourth-order valence-electron chi connectivity index (χ4n) is 1.51. The highest BCUT2D eigenvalue weighted by atomic mass is 35.5. The van der Waals surface area contributed by atoms with Gasteiger partial charge in [-0.3, -0.25) is 0 Å². The average Bonchev–Trinajstić information content (AvgIpc) is 2.28. The Hall–Kier alpha value is -1.38. The largest absolute Gasteiger partial charge is 0.399 e. The van der Waals surface area contributed by atoms with Crippen molar-refractivity contribution in [2.45, 2.75) is 6.54 Å². The van der Waals surface area contributed by atoms with Crippen molar-refractivity contribution < 1.29 is 0 Å². The highest BCUT2D eigenvalue weighted by molar-refractivity contribution is 6.35. The van der Waals surface area contributed by atoms with Crippen LogP contribution < -0.4 is 11.1 Å². The van der Waals surface area contributed by atoms with E-state index in [2.05, 4.69) is 5.32 Å². The van der Waals surface area contributed by atoms with E-state index in [4.69, 9.17) is 28.9 Å². The summed E-state index contributed by atoms with van der Waals surface area (Å²) in [7, 11) is 0. The van der Waals surface area contributed by atoms with Gasteiger partial charge in [0.25, 0.3) is 0 Å². The molecular weight excluding hydrogens is 255 g/mol. The molecule has 3 N–H and O–H groups in total. The average molecular weight is 267 g/mol. The van der Waals surface area contributed by atoms with Crippen LogP contribution in [0, 0.1) is 0 Å². The fraction of sp³-hybridized carbons (Fsp3) is 0.0769. The van der Waals surface area contributed by atoms with Crippen LogP contribution in [0.1, 0.15) is 5.56 Å². The first-order valence-corrected chi connectivity index (χ1v) is 5.94. The van der Waals surface area contributed by atoms with Gasteiger partial charge in [-0.2, -0.15) is 0 Å². The minimum atomic E-state index is 0.638. The Morgan fingerprint density at radius 2 is 1.88 bits per heavy atom. The van der Waals surface area contributed by atoms with Crippen LogP contribution in [0.15, 0.2) is 42.5 Å². The van der Waals surface area contributed by atoms with E-state index in [0.717, 1.165) is 16.9 Å². The number of nitrogens with one attached hydrogen (secondary N) is 1. The molecular formula is C13H12Cl2N2. The molecule has 2 nitrogen and oxygen atoms in total. The maximum atomic E-state index is 6.08. The summed E-state index contributed by atoms with van der Waals surface area (Å²) in [4.78, 5) is 0. The quantitative estimate of drug-likeness (QED) is 0.818. The number of hydrogen-bond donors (Lipinski definition) is 2. The van der Waals surface area contributed by atoms with Crippen molar-refractivity contribution in [3.05, 3.63) is 58.1 Å². The molecule has 88 valence electrons. The van der Waals surface area contributed by atoms with E-state index in [1.807, 2.05) is 36.4 Å². The normalized spacial score (nSPS) is 10.2. The van der Waals surface area contributed by atoms with Gasteiger partial charge in [-0.25, -0.2) is 0 Å². The zero-order valence-corrected chi connectivity index (χ0v) is 10.6. The topological polar surface area (TPSA) is 38.0 Å². The lowest BCUT2D eigenvalue weighted by atomic mass is 10.2. The molecule has 4 heteroatoms. The Labute approximate surface area is 110 Å². The summed E-state index contributed by atoms with van der Waals surface area (Å²) in [5.74, 6) is 0. The van der Waals surface area contributed by atoms with Crippen molar-refractivity contribution in [2.24, 2.45) is 0 Å². The summed E-state index contributed by atoms with van der Waals surface area (Å²) < 4.78 is 0. The molecule has 2 rings (SSSR count). The molecule has 0 amide bonds. The number of hydrogen-bond acceptors (Lipinski definition) is 2. The molecule has 17 heavy (non-hydrogen) atoms. The van der Waals surface area contributed by atoms with E-state index in [9.17, 15) is 0 Å². The van der Waals surface area contributed by atoms with Crippen molar-refractivity contribution in [2.75, 3.05) is 11.1 Å². The van der Waals surface area contributed by atoms with Crippen LogP contribution in [-0.2, 0) is 6.54 Å². The number of rotatable bonds is 3. The minimum Gasteiger partial charge on any atom is -0.399 e. The van der Waals surface area contributed by atoms with Crippen molar-refractivity contribution >= 4 is 34.6 Å². The van der Waals surface area contributed by atoms with Gasteiger partial charge in [0.05, 0.1) is 0 Å². The van der Waals surface area contributed by atoms with Crippen LogP contribution in [-0.4, -0.2) is 0 Å². The number of halogens is 2. The zero-order chi connectivity index (χ0) is 12.3. The molecule has 0 bridgehead atoms. The molecule has 0 aliphatic rings. The molecule has 2 aromatic rings. The summed E-state index contributed by atoms with van der Waals surface area (Å²) in [6.07, 6.45) is 0. The minimum absolute atomic E-state index is 0.638. The van der Waals surface area contributed by atoms with Gasteiger partial charge in [0.15, 0.2) is 0 Å². The molecule has 0 aliphatic heterocycles. The first-order chi connectivity index (χ1) is 8.15. The third kappa shape index (κ3) is 3.29. The van der Waals surface area contributed by atoms with Crippen LogP contribution in [0.3, 0.4) is 0 Å². The van der Waals surface area contributed by atoms with Gasteiger partial charge < -0.3 is 11.1 Å². The molecule has 0 atom stereocenters. The molecule has 0 saturated heterocycles. The van der Waals surface area contributed by atoms with Crippen LogP contribution in [0.2, 0.25) is 10.0 Å². The lowest BCUT2D eigenvalue weighted by Gasteiger charge is -2.08. The second-order valence-electron chi connectivity index (χ2n) is 3.71. The molecule has 0 aliphatic carbocycles. The highest BCUT2D eigenvalue weighted by Gasteiger charge is 2.01. The molecule has 0 aromatic heterocycles. The third-order valence-electron chi connectivity index (χ3n) is 2.38. The summed E-state index contributed by atoms with van der Waals surface area (Å²) >= 11 is 11.9. The maximum absolute atomic E-state index is 6.08. The first kappa shape index (κ1) is 12.1. The SMILES string of the molecule is Nc1cccc(NCc2ccc(Cl)cc2Cl)c1. The van der Waals surface area contributed by atoms with Crippen LogP contribution >= 0.6 is 23.2 Å². The van der Waals surface area contributed by atoms with E-state index < -0.39 is 0 Å². The molecule has 0 radical (unpaired) electrons. The van der Waals surface area contributed by atoms with Gasteiger partial charge >= 0.3 is 0 Å². The van der Waals surface area contributed by atoms with E-state index in [-0.39, 0.29) is 0 Å². The third-order valence-corrected chi connectivity index (χ3v) is 2.97. The van der Waals surface area contributed by atoms with Gasteiger partial charge in [-0.05, 0) is 35.9 Å². The maximum Gasteiger partial charge on any atom is 0.0470 e. The summed E-state index contributed by atoms with van der Waals surface area (Å²) in [6.45, 7) is 0.638. The standard InChI is InChI=1S/C13H12Cl2N2/c14-10-5-4-9(13(15)6-10)8-17-12-3-1-2-11(16)7-12/h1-7,17H,8,16H2. The zero-order valence-electron chi connectivity index (χ0n) is 9.08. The Morgan fingerprint density at radius 1 is 1.06 bits per heavy atom. The second kappa shape index (κ2) is 5.30. The predicted octanol–water partition coefficient (Wildman–Crippen LogP) is 4.19. The summed E-state index contributed by atoms with van der Waals surface area (Å²) in [6, 6.07) is 13.1. The van der Waals surface area contributed by atoms with E-state index in [1.165, 1.54) is 0 Å². The molecule has 0 saturated carbocycles. The van der Waals surface area contributed by atoms with E-state index >= 15 is 0 Å². The van der Waals surface area contributed by atoms with E-state index in [0.29, 0.717) is 16.6 Å². The Kier molecular flexibility index (Phi) is 3.77. The Bertz CT molecular complexity index is 527. The summed E-state index contributed by atoms with van der Waals surface area (Å²) in [5, 5.41) is 4.56. The highest BCUT2D eigenvalue weighted by Crippen LogP contribution is 2.22. The van der Waals surface area contributed by atoms with Gasteiger partial charge in [-0.15, -0.1) is 0 Å². The Balaban J connectivity index is 2.07. The van der Waals surface area contributed by atoms with Crippen molar-refractivity contribution in [1.82, 2.24) is 0 Å². The van der Waals surface area contributed by atoms with Crippen molar-refractivity contribution in [1.29, 1.82) is 0 Å². The second-order valence-corrected chi connectivity index (χ2v) is 4.56. The van der Waals surface area contributed by atoms with Gasteiger partial charge in [-0.1, -0.05) is 35.3 Å². The van der Waals surface area contributed by atoms with Gasteiger partial charge in [0.2, 0.25) is 0 Å². The predicted molar refractivity (Wildman–Crippen MR) is 74.6 cm³/mol. The fourth-order valence-corrected chi connectivity index (χ4v) is 1.99. The van der Waals surface area contributed by atoms with Crippen molar-refractivity contribution in [3.8, 4) is 0 Å². The summed E-state index contributed by atoms with van der Waals surface area (Å²) in [5.41, 5.74) is 8.39. The number of nitrogen functional groups attached to an aromatic ring is 1. The first-order valence-electron chi connectivity index (χ1n) is 5.18. The molecule has 2 aromatic carbocycles. The lowest BCUT2D eigenvalue weighted by Crippen LogP contribution is -2.00. The molecule has 0 fully saturated rings. The number of anilines is 2. The van der Waals surface area contributed by atoms with Gasteiger partial charge in [0.1, 0.15) is 0 Å². The molecule has 0 heterocycles. The monoisotopic (exact) mass is 266 g/mol. The smallest absolute Gasteiger partial charge is 0.0470 e. The van der Waals surface area contributed by atoms with Gasteiger partial charge in [0, 0.05) is 28.0 Å². The lowest BCUT2D eigenvalue weighted by molar-refractivity contribution is 1.15. The van der Waals surface area contributed by atoms with Crippen LogP contribution in [0.5, 0.6) is 0 Å². The number of benzene rings is 2. The number of nitrogens with two attached hydrogens (primary N) is 1. The van der Waals surface area contributed by atoms with Crippen LogP contribution in [0.4, 0.5) is 11.4 Å².